The van der Waals surface area contributed by atoms with Gasteiger partial charge in [-0.15, -0.1) is 0 Å². The number of amides is 2. The molecule has 0 bridgehead atoms. The van der Waals surface area contributed by atoms with Crippen molar-refractivity contribution in [1.29, 1.82) is 0 Å². The molecule has 0 rings (SSSR count). The molecule has 8 nitrogen and oxygen atoms in total. The van der Waals surface area contributed by atoms with E-state index in [1.807, 2.05) is 6.92 Å². The van der Waals surface area contributed by atoms with E-state index in [-0.39, 0.29) is 25.7 Å². The minimum atomic E-state index is -0.722. The fraction of sp³-hybridized carbons (Fsp3) is 0.939. The Balaban J connectivity index is 3.63. The molecule has 0 saturated carbocycles. The maximum absolute atomic E-state index is 12.0. The van der Waals surface area contributed by atoms with Gasteiger partial charge >= 0.3 is 12.2 Å². The first-order valence-corrected chi connectivity index (χ1v) is 17.1. The predicted octanol–water partition coefficient (Wildman–Crippen LogP) is 8.29. The minimum absolute atomic E-state index is 0.0115. The third-order valence-electron chi connectivity index (χ3n) is 7.28. The van der Waals surface area contributed by atoms with E-state index in [1.54, 1.807) is 0 Å². The van der Waals surface area contributed by atoms with E-state index in [1.165, 1.54) is 103 Å². The topological polar surface area (TPSA) is 106 Å². The zero-order valence-electron chi connectivity index (χ0n) is 27.0. The SMILES string of the molecule is CCCCCCCCCCCCNC(=O)OCC(C)COCC(CO)OC(=O)NCCCCCCCCCCCC. The lowest BCUT2D eigenvalue weighted by atomic mass is 10.1. The largest absolute Gasteiger partial charge is 0.449 e. The molecule has 0 fully saturated rings. The smallest absolute Gasteiger partial charge is 0.407 e. The Morgan fingerprint density at radius 1 is 0.585 bits per heavy atom. The average Bonchev–Trinajstić information content (AvgIpc) is 2.97. The lowest BCUT2D eigenvalue weighted by Gasteiger charge is -2.18. The van der Waals surface area contributed by atoms with Crippen molar-refractivity contribution in [3.8, 4) is 0 Å². The summed E-state index contributed by atoms with van der Waals surface area (Å²) in [6, 6.07) is 0. The highest BCUT2D eigenvalue weighted by Crippen LogP contribution is 2.11. The van der Waals surface area contributed by atoms with Gasteiger partial charge in [-0.3, -0.25) is 0 Å². The molecule has 0 aromatic heterocycles. The van der Waals surface area contributed by atoms with Crippen molar-refractivity contribution >= 4 is 12.2 Å². The normalized spacial score (nSPS) is 12.6. The number of aliphatic hydroxyl groups excluding tert-OH is 1. The minimum Gasteiger partial charge on any atom is -0.449 e. The quantitative estimate of drug-likeness (QED) is 0.0731. The van der Waals surface area contributed by atoms with Crippen molar-refractivity contribution in [2.75, 3.05) is 39.5 Å². The van der Waals surface area contributed by atoms with E-state index < -0.39 is 18.3 Å². The van der Waals surface area contributed by atoms with Crippen LogP contribution in [0.1, 0.15) is 149 Å². The van der Waals surface area contributed by atoms with Crippen molar-refractivity contribution < 1.29 is 28.9 Å². The van der Waals surface area contributed by atoms with E-state index in [9.17, 15) is 14.7 Å². The molecule has 0 saturated heterocycles. The molecule has 0 aromatic carbocycles. The van der Waals surface area contributed by atoms with Crippen molar-refractivity contribution in [2.24, 2.45) is 5.92 Å². The summed E-state index contributed by atoms with van der Waals surface area (Å²) >= 11 is 0. The van der Waals surface area contributed by atoms with Gasteiger partial charge in [0.2, 0.25) is 0 Å². The van der Waals surface area contributed by atoms with Gasteiger partial charge < -0.3 is 30.0 Å². The number of alkyl carbamates (subject to hydrolysis) is 2. The Bertz CT molecular complexity index is 578. The Labute approximate surface area is 252 Å². The summed E-state index contributed by atoms with van der Waals surface area (Å²) in [7, 11) is 0. The third kappa shape index (κ3) is 29.7. The molecule has 0 aliphatic rings. The lowest BCUT2D eigenvalue weighted by molar-refractivity contribution is -0.0192. The first-order chi connectivity index (χ1) is 20.0. The van der Waals surface area contributed by atoms with Gasteiger partial charge in [0, 0.05) is 19.0 Å². The first kappa shape index (κ1) is 39.5. The Morgan fingerprint density at radius 2 is 1.00 bits per heavy atom. The Kier molecular flexibility index (Phi) is 30.2. The number of carbonyl (C=O) groups excluding carboxylic acids is 2. The van der Waals surface area contributed by atoms with Crippen LogP contribution in [0.15, 0.2) is 0 Å². The highest BCUT2D eigenvalue weighted by molar-refractivity contribution is 5.67. The molecule has 41 heavy (non-hydrogen) atoms. The van der Waals surface area contributed by atoms with E-state index in [0.717, 1.165) is 25.7 Å². The van der Waals surface area contributed by atoms with Gasteiger partial charge in [-0.05, 0) is 12.8 Å². The van der Waals surface area contributed by atoms with Gasteiger partial charge in [0.25, 0.3) is 0 Å². The van der Waals surface area contributed by atoms with Crippen LogP contribution in [0.2, 0.25) is 0 Å². The van der Waals surface area contributed by atoms with E-state index in [0.29, 0.717) is 19.7 Å². The summed E-state index contributed by atoms with van der Waals surface area (Å²) in [5.74, 6) is -0.0115. The number of unbranched alkanes of at least 4 members (excludes halogenated alkanes) is 18. The molecule has 2 unspecified atom stereocenters. The highest BCUT2D eigenvalue weighted by atomic mass is 16.6. The first-order valence-electron chi connectivity index (χ1n) is 17.1. The summed E-state index contributed by atoms with van der Waals surface area (Å²) in [4.78, 5) is 23.9. The molecule has 0 aromatic rings. The van der Waals surface area contributed by atoms with Crippen LogP contribution in [0.25, 0.3) is 0 Å². The average molecular weight is 587 g/mol. The van der Waals surface area contributed by atoms with Gasteiger partial charge in [-0.1, -0.05) is 136 Å². The standard InChI is InChI=1S/C33H66N2O6/c1-4-6-8-10-12-14-16-18-20-22-24-34-32(37)40-28-30(3)27-39-29-31(26-36)41-33(38)35-25-23-21-19-17-15-13-11-9-7-5-2/h30-31,36H,4-29H2,1-3H3,(H,34,37)(H,35,38). The Hall–Kier alpha value is -1.54. The lowest BCUT2D eigenvalue weighted by Crippen LogP contribution is -2.34. The zero-order chi connectivity index (χ0) is 30.2. The second-order valence-electron chi connectivity index (χ2n) is 11.7. The van der Waals surface area contributed by atoms with Gasteiger partial charge in [0.05, 0.1) is 26.4 Å². The van der Waals surface area contributed by atoms with Crippen molar-refractivity contribution in [3.05, 3.63) is 0 Å². The predicted molar refractivity (Wildman–Crippen MR) is 168 cm³/mol. The van der Waals surface area contributed by atoms with E-state index in [4.69, 9.17) is 14.2 Å². The molecule has 2 amide bonds. The van der Waals surface area contributed by atoms with Crippen molar-refractivity contribution in [1.82, 2.24) is 10.6 Å². The molecule has 0 radical (unpaired) electrons. The van der Waals surface area contributed by atoms with Crippen LogP contribution in [-0.4, -0.2) is 62.9 Å². The fourth-order valence-corrected chi connectivity index (χ4v) is 4.64. The fourth-order valence-electron chi connectivity index (χ4n) is 4.64. The van der Waals surface area contributed by atoms with E-state index in [2.05, 4.69) is 24.5 Å². The van der Waals surface area contributed by atoms with Crippen molar-refractivity contribution in [3.63, 3.8) is 0 Å². The van der Waals surface area contributed by atoms with Crippen LogP contribution >= 0.6 is 0 Å². The zero-order valence-corrected chi connectivity index (χ0v) is 27.0. The summed E-state index contributed by atoms with van der Waals surface area (Å²) < 4.78 is 16.1. The van der Waals surface area contributed by atoms with Gasteiger partial charge in [-0.2, -0.15) is 0 Å². The van der Waals surface area contributed by atoms with Gasteiger partial charge in [0.1, 0.15) is 6.10 Å². The molecule has 0 aliphatic heterocycles. The summed E-state index contributed by atoms with van der Waals surface area (Å²) in [6.07, 6.45) is 23.4. The maximum Gasteiger partial charge on any atom is 0.407 e. The van der Waals surface area contributed by atoms with Gasteiger partial charge in [0.15, 0.2) is 0 Å². The molecule has 0 spiro atoms. The molecular formula is C33H66N2O6. The van der Waals surface area contributed by atoms with Crippen LogP contribution in [-0.2, 0) is 14.2 Å². The molecule has 3 N–H and O–H groups in total. The maximum atomic E-state index is 12.0. The van der Waals surface area contributed by atoms with Crippen molar-refractivity contribution in [2.45, 2.75) is 155 Å². The van der Waals surface area contributed by atoms with E-state index >= 15 is 0 Å². The third-order valence-corrected chi connectivity index (χ3v) is 7.28. The second kappa shape index (κ2) is 31.4. The van der Waals surface area contributed by atoms with Crippen LogP contribution in [0.5, 0.6) is 0 Å². The number of rotatable bonds is 30. The molecule has 0 heterocycles. The van der Waals surface area contributed by atoms with Crippen LogP contribution in [0.3, 0.4) is 0 Å². The van der Waals surface area contributed by atoms with Crippen LogP contribution < -0.4 is 10.6 Å². The van der Waals surface area contributed by atoms with Gasteiger partial charge in [-0.25, -0.2) is 9.59 Å². The van der Waals surface area contributed by atoms with Crippen LogP contribution in [0, 0.1) is 5.92 Å². The molecule has 8 heteroatoms. The molecule has 2 atom stereocenters. The monoisotopic (exact) mass is 586 g/mol. The molecular weight excluding hydrogens is 520 g/mol. The Morgan fingerprint density at radius 3 is 1.44 bits per heavy atom. The number of nitrogens with one attached hydrogen (secondary N) is 2. The summed E-state index contributed by atoms with van der Waals surface area (Å²) in [5, 5.41) is 15.1. The molecule has 0 aliphatic carbocycles. The number of hydrogen-bond acceptors (Lipinski definition) is 6. The molecule has 244 valence electrons. The number of aliphatic hydroxyl groups is 1. The summed E-state index contributed by atoms with van der Waals surface area (Å²) in [5.41, 5.74) is 0. The highest BCUT2D eigenvalue weighted by Gasteiger charge is 2.15. The number of ether oxygens (including phenoxy) is 3. The number of carbonyl (C=O) groups is 2. The van der Waals surface area contributed by atoms with Crippen LogP contribution in [0.4, 0.5) is 9.59 Å². The number of hydrogen-bond donors (Lipinski definition) is 3. The second-order valence-corrected chi connectivity index (χ2v) is 11.7. The summed E-state index contributed by atoms with van der Waals surface area (Å²) in [6.45, 7) is 7.98.